The minimum Gasteiger partial charge on any atom is -0.280 e. The first-order chi connectivity index (χ1) is 14.7. The highest BCUT2D eigenvalue weighted by Crippen LogP contribution is 2.21. The minimum absolute atomic E-state index is 0.0475. The molecule has 160 valence electrons. The average molecular weight is 499 g/mol. The molecule has 0 saturated heterocycles. The zero-order chi connectivity index (χ0) is 22.6. The maximum atomic E-state index is 12.5. The van der Waals surface area contributed by atoms with Crippen molar-refractivity contribution in [2.75, 3.05) is 4.72 Å². The van der Waals surface area contributed by atoms with Crippen molar-refractivity contribution in [3.8, 4) is 0 Å². The summed E-state index contributed by atoms with van der Waals surface area (Å²) in [6, 6.07) is 15.6. The molecule has 0 fully saturated rings. The van der Waals surface area contributed by atoms with E-state index in [1.807, 2.05) is 0 Å². The summed E-state index contributed by atoms with van der Waals surface area (Å²) in [6.45, 7) is 0. The number of hydrogen-bond acceptors (Lipinski definition) is 4. The number of halogens is 3. The topological polar surface area (TPSA) is 104 Å². The van der Waals surface area contributed by atoms with E-state index in [2.05, 4.69) is 15.6 Å². The van der Waals surface area contributed by atoms with Gasteiger partial charge in [0.2, 0.25) is 0 Å². The lowest BCUT2D eigenvalue weighted by molar-refractivity contribution is 0.0846. The largest absolute Gasteiger partial charge is 0.280 e. The van der Waals surface area contributed by atoms with Crippen LogP contribution in [0.15, 0.2) is 71.6 Å². The van der Waals surface area contributed by atoms with Crippen molar-refractivity contribution in [3.63, 3.8) is 0 Å². The summed E-state index contributed by atoms with van der Waals surface area (Å²) in [5, 5.41) is 0.951. The summed E-state index contributed by atoms with van der Waals surface area (Å²) < 4.78 is 27.4. The number of amides is 2. The Morgan fingerprint density at radius 1 is 0.710 bits per heavy atom. The Labute approximate surface area is 193 Å². The SMILES string of the molecule is O=C(NNC(=O)c1cc(Cl)ccc1Cl)c1ccc(S(=O)(=O)Nc2ccc(Cl)cc2)cc1. The van der Waals surface area contributed by atoms with Crippen LogP contribution in [0, 0.1) is 0 Å². The van der Waals surface area contributed by atoms with Crippen molar-refractivity contribution in [1.82, 2.24) is 10.9 Å². The van der Waals surface area contributed by atoms with Crippen LogP contribution in [0.5, 0.6) is 0 Å². The van der Waals surface area contributed by atoms with Gasteiger partial charge in [-0.2, -0.15) is 0 Å². The Hall–Kier alpha value is -2.78. The summed E-state index contributed by atoms with van der Waals surface area (Å²) >= 11 is 17.6. The van der Waals surface area contributed by atoms with Crippen LogP contribution in [0.2, 0.25) is 15.1 Å². The van der Waals surface area contributed by atoms with Crippen molar-refractivity contribution in [1.29, 1.82) is 0 Å². The zero-order valence-corrected chi connectivity index (χ0v) is 18.6. The number of benzene rings is 3. The van der Waals surface area contributed by atoms with Gasteiger partial charge in [0.05, 0.1) is 15.5 Å². The van der Waals surface area contributed by atoms with E-state index in [9.17, 15) is 18.0 Å². The van der Waals surface area contributed by atoms with Gasteiger partial charge in [-0.25, -0.2) is 8.42 Å². The van der Waals surface area contributed by atoms with Gasteiger partial charge in [0.15, 0.2) is 0 Å². The van der Waals surface area contributed by atoms with Crippen LogP contribution in [0.3, 0.4) is 0 Å². The quantitative estimate of drug-likeness (QED) is 0.450. The van der Waals surface area contributed by atoms with Crippen LogP contribution in [0.1, 0.15) is 20.7 Å². The molecule has 0 bridgehead atoms. The lowest BCUT2D eigenvalue weighted by atomic mass is 10.2. The van der Waals surface area contributed by atoms with Crippen molar-refractivity contribution < 1.29 is 18.0 Å². The summed E-state index contributed by atoms with van der Waals surface area (Å²) in [7, 11) is -3.86. The van der Waals surface area contributed by atoms with Crippen LogP contribution in [-0.2, 0) is 10.0 Å². The molecule has 2 amide bonds. The van der Waals surface area contributed by atoms with Gasteiger partial charge in [0.1, 0.15) is 0 Å². The fourth-order valence-electron chi connectivity index (χ4n) is 2.44. The fourth-order valence-corrected chi connectivity index (χ4v) is 4.00. The molecular weight excluding hydrogens is 485 g/mol. The zero-order valence-electron chi connectivity index (χ0n) is 15.5. The standard InChI is InChI=1S/C20H14Cl3N3O4S/c21-13-3-6-15(7-4-13)26-31(29,30)16-8-1-12(2-9-16)19(27)24-25-20(28)17-11-14(22)5-10-18(17)23/h1-11,26H,(H,24,27)(H,25,28). The molecular formula is C20H14Cl3N3O4S. The van der Waals surface area contributed by atoms with Gasteiger partial charge in [-0.3, -0.25) is 25.2 Å². The second-order valence-corrected chi connectivity index (χ2v) is 9.13. The van der Waals surface area contributed by atoms with Crippen LogP contribution < -0.4 is 15.6 Å². The number of hydrazine groups is 1. The molecule has 0 heterocycles. The van der Waals surface area contributed by atoms with Gasteiger partial charge < -0.3 is 0 Å². The second-order valence-electron chi connectivity index (χ2n) is 6.17. The number of carbonyl (C=O) groups is 2. The highest BCUT2D eigenvalue weighted by molar-refractivity contribution is 7.92. The summed E-state index contributed by atoms with van der Waals surface area (Å²) in [4.78, 5) is 24.4. The van der Waals surface area contributed by atoms with Crippen LogP contribution in [-0.4, -0.2) is 20.2 Å². The molecule has 31 heavy (non-hydrogen) atoms. The van der Waals surface area contributed by atoms with E-state index < -0.39 is 21.8 Å². The molecule has 11 heteroatoms. The van der Waals surface area contributed by atoms with Crippen molar-refractivity contribution >= 4 is 62.3 Å². The molecule has 0 radical (unpaired) electrons. The van der Waals surface area contributed by atoms with Gasteiger partial charge in [0.25, 0.3) is 21.8 Å². The van der Waals surface area contributed by atoms with Crippen molar-refractivity contribution in [3.05, 3.63) is 92.9 Å². The van der Waals surface area contributed by atoms with Crippen molar-refractivity contribution in [2.24, 2.45) is 0 Å². The Balaban J connectivity index is 1.65. The minimum atomic E-state index is -3.86. The highest BCUT2D eigenvalue weighted by atomic mass is 35.5. The summed E-state index contributed by atoms with van der Waals surface area (Å²) in [6.07, 6.45) is 0. The number of nitrogens with one attached hydrogen (secondary N) is 3. The van der Waals surface area contributed by atoms with Gasteiger partial charge in [-0.05, 0) is 66.7 Å². The first kappa shape index (κ1) is 22.9. The smallest absolute Gasteiger partial charge is 0.271 e. The van der Waals surface area contributed by atoms with Crippen molar-refractivity contribution in [2.45, 2.75) is 4.90 Å². The van der Waals surface area contributed by atoms with Crippen LogP contribution in [0.25, 0.3) is 0 Å². The number of hydrogen-bond donors (Lipinski definition) is 3. The summed E-state index contributed by atoms with van der Waals surface area (Å²) in [5.74, 6) is -1.31. The molecule has 0 spiro atoms. The molecule has 3 aromatic rings. The van der Waals surface area contributed by atoms with E-state index in [0.717, 1.165) is 0 Å². The molecule has 7 nitrogen and oxygen atoms in total. The first-order valence-electron chi connectivity index (χ1n) is 8.60. The lowest BCUT2D eigenvalue weighted by Gasteiger charge is -2.10. The number of rotatable bonds is 5. The lowest BCUT2D eigenvalue weighted by Crippen LogP contribution is -2.41. The molecule has 0 atom stereocenters. The third-order valence-corrected chi connectivity index (χ3v) is 6.20. The third kappa shape index (κ3) is 5.89. The Bertz CT molecular complexity index is 1230. The molecule has 0 aliphatic carbocycles. The normalized spacial score (nSPS) is 10.9. The molecule has 0 unspecified atom stereocenters. The molecule has 3 N–H and O–H groups in total. The monoisotopic (exact) mass is 497 g/mol. The Kier molecular flexibility index (Phi) is 7.07. The fraction of sp³-hybridized carbons (Fsp3) is 0. The van der Waals surface area contributed by atoms with E-state index in [1.54, 1.807) is 12.1 Å². The maximum absolute atomic E-state index is 12.5. The van der Waals surface area contributed by atoms with Crippen LogP contribution in [0.4, 0.5) is 5.69 Å². The van der Waals surface area contributed by atoms with Gasteiger partial charge in [-0.1, -0.05) is 34.8 Å². The maximum Gasteiger partial charge on any atom is 0.271 e. The molecule has 0 saturated carbocycles. The third-order valence-electron chi connectivity index (χ3n) is 3.99. The van der Waals surface area contributed by atoms with E-state index in [4.69, 9.17) is 34.8 Å². The molecule has 0 aliphatic rings. The Morgan fingerprint density at radius 2 is 1.29 bits per heavy atom. The first-order valence-corrected chi connectivity index (χ1v) is 11.2. The number of anilines is 1. The average Bonchev–Trinajstić information content (AvgIpc) is 2.75. The molecule has 3 aromatic carbocycles. The molecule has 3 rings (SSSR count). The van der Waals surface area contributed by atoms with Crippen LogP contribution >= 0.6 is 34.8 Å². The van der Waals surface area contributed by atoms with Gasteiger partial charge >= 0.3 is 0 Å². The van der Waals surface area contributed by atoms with Gasteiger partial charge in [-0.15, -0.1) is 0 Å². The van der Waals surface area contributed by atoms with E-state index in [-0.39, 0.29) is 21.0 Å². The van der Waals surface area contributed by atoms with E-state index >= 15 is 0 Å². The Morgan fingerprint density at radius 3 is 1.94 bits per heavy atom. The van der Waals surface area contributed by atoms with Gasteiger partial charge in [0, 0.05) is 21.3 Å². The highest BCUT2D eigenvalue weighted by Gasteiger charge is 2.16. The predicted molar refractivity (Wildman–Crippen MR) is 120 cm³/mol. The molecule has 0 aliphatic heterocycles. The van der Waals surface area contributed by atoms with E-state index in [0.29, 0.717) is 15.7 Å². The second kappa shape index (κ2) is 9.57. The molecule has 0 aromatic heterocycles. The predicted octanol–water partition coefficient (Wildman–Crippen LogP) is 4.52. The summed E-state index contributed by atoms with van der Waals surface area (Å²) in [5.41, 5.74) is 5.01. The van der Waals surface area contributed by atoms with E-state index in [1.165, 1.54) is 54.6 Å². The number of carbonyl (C=O) groups excluding carboxylic acids is 2. The number of sulfonamides is 1.